The van der Waals surface area contributed by atoms with Gasteiger partial charge in [-0.3, -0.25) is 4.79 Å². The van der Waals surface area contributed by atoms with E-state index in [2.05, 4.69) is 5.32 Å². The fourth-order valence-electron chi connectivity index (χ4n) is 2.36. The Bertz CT molecular complexity index is 797. The van der Waals surface area contributed by atoms with Crippen molar-refractivity contribution in [3.05, 3.63) is 65.2 Å². The fourth-order valence-corrected chi connectivity index (χ4v) is 2.67. The number of rotatable bonds is 2. The number of ether oxygens (including phenoxy) is 1. The first kappa shape index (κ1) is 14.4. The molecule has 0 saturated heterocycles. The Morgan fingerprint density at radius 2 is 1.82 bits per heavy atom. The molecule has 4 nitrogen and oxygen atoms in total. The minimum absolute atomic E-state index is 0.286. The first-order valence-corrected chi connectivity index (χ1v) is 6.99. The molecule has 0 unspecified atom stereocenters. The van der Waals surface area contributed by atoms with E-state index >= 15 is 0 Å². The molecule has 1 N–H and O–H groups in total. The van der Waals surface area contributed by atoms with E-state index < -0.39 is 5.97 Å². The third kappa shape index (κ3) is 2.38. The minimum Gasteiger partial charge on any atom is -0.465 e. The number of esters is 1. The van der Waals surface area contributed by atoms with Crippen LogP contribution in [0, 0.1) is 0 Å². The molecule has 3 rings (SSSR count). The summed E-state index contributed by atoms with van der Waals surface area (Å²) in [6.07, 6.45) is 0. The van der Waals surface area contributed by atoms with Crippen molar-refractivity contribution in [1.82, 2.24) is 0 Å². The standard InChI is InChI=1S/C17H12ClNO3/c1-22-17(21)11-7-8-13-12(9-11)14(16(20)19-13)15(18)10-5-3-2-4-6-10/h2-9H,1H3,(H,19,20)/b15-14-. The van der Waals surface area contributed by atoms with Crippen LogP contribution >= 0.6 is 11.6 Å². The zero-order valence-electron chi connectivity index (χ0n) is 11.7. The largest absolute Gasteiger partial charge is 0.465 e. The zero-order chi connectivity index (χ0) is 15.7. The number of hydrogen-bond acceptors (Lipinski definition) is 3. The lowest BCUT2D eigenvalue weighted by molar-refractivity contribution is -0.110. The van der Waals surface area contributed by atoms with Gasteiger partial charge in [0.1, 0.15) is 0 Å². The maximum Gasteiger partial charge on any atom is 0.337 e. The van der Waals surface area contributed by atoms with Gasteiger partial charge in [-0.2, -0.15) is 0 Å². The summed E-state index contributed by atoms with van der Waals surface area (Å²) in [6, 6.07) is 14.1. The maximum absolute atomic E-state index is 12.2. The van der Waals surface area contributed by atoms with Crippen LogP contribution in [0.25, 0.3) is 10.6 Å². The highest BCUT2D eigenvalue weighted by Crippen LogP contribution is 2.39. The van der Waals surface area contributed by atoms with Crippen LogP contribution in [0.1, 0.15) is 21.5 Å². The third-order valence-corrected chi connectivity index (χ3v) is 3.84. The number of nitrogens with one attached hydrogen (secondary N) is 1. The zero-order valence-corrected chi connectivity index (χ0v) is 12.5. The normalized spacial score (nSPS) is 15.1. The smallest absolute Gasteiger partial charge is 0.337 e. The van der Waals surface area contributed by atoms with Crippen molar-refractivity contribution in [2.45, 2.75) is 0 Å². The number of halogens is 1. The van der Waals surface area contributed by atoms with Gasteiger partial charge in [0.2, 0.25) is 0 Å². The number of methoxy groups -OCH3 is 1. The van der Waals surface area contributed by atoms with Crippen molar-refractivity contribution in [2.24, 2.45) is 0 Å². The van der Waals surface area contributed by atoms with E-state index in [9.17, 15) is 9.59 Å². The highest BCUT2D eigenvalue weighted by molar-refractivity contribution is 6.59. The predicted octanol–water partition coefficient (Wildman–Crippen LogP) is 3.53. The van der Waals surface area contributed by atoms with Gasteiger partial charge >= 0.3 is 5.97 Å². The molecule has 1 amide bonds. The van der Waals surface area contributed by atoms with E-state index in [0.717, 1.165) is 5.56 Å². The first-order valence-electron chi connectivity index (χ1n) is 6.61. The van der Waals surface area contributed by atoms with Crippen LogP contribution in [0.5, 0.6) is 0 Å². The number of hydrogen-bond donors (Lipinski definition) is 1. The molecule has 1 aliphatic heterocycles. The number of fused-ring (bicyclic) bond motifs is 1. The molecule has 0 atom stereocenters. The van der Waals surface area contributed by atoms with E-state index in [1.807, 2.05) is 30.3 Å². The topological polar surface area (TPSA) is 55.4 Å². The SMILES string of the molecule is COC(=O)c1ccc2c(c1)/C(=C(/Cl)c1ccccc1)C(=O)N2. The van der Waals surface area contributed by atoms with Crippen molar-refractivity contribution >= 4 is 39.8 Å². The van der Waals surface area contributed by atoms with Gasteiger partial charge < -0.3 is 10.1 Å². The molecular weight excluding hydrogens is 302 g/mol. The molecule has 2 aromatic rings. The molecule has 0 fully saturated rings. The van der Waals surface area contributed by atoms with Crippen LogP contribution in [0.15, 0.2) is 48.5 Å². The third-order valence-electron chi connectivity index (χ3n) is 3.43. The molecule has 2 aromatic carbocycles. The monoisotopic (exact) mass is 313 g/mol. The number of anilines is 1. The Morgan fingerprint density at radius 1 is 1.09 bits per heavy atom. The molecule has 0 aromatic heterocycles. The van der Waals surface area contributed by atoms with Crippen LogP contribution in [-0.4, -0.2) is 19.0 Å². The molecule has 0 saturated carbocycles. The number of carbonyl (C=O) groups is 2. The lowest BCUT2D eigenvalue weighted by Crippen LogP contribution is -2.04. The van der Waals surface area contributed by atoms with Crippen molar-refractivity contribution in [2.75, 3.05) is 12.4 Å². The van der Waals surface area contributed by atoms with E-state index in [0.29, 0.717) is 27.4 Å². The average Bonchev–Trinajstić information content (AvgIpc) is 2.89. The quantitative estimate of drug-likeness (QED) is 0.681. The molecule has 0 aliphatic carbocycles. The summed E-state index contributed by atoms with van der Waals surface area (Å²) in [4.78, 5) is 23.9. The number of amides is 1. The van der Waals surface area contributed by atoms with E-state index in [-0.39, 0.29) is 5.91 Å². The van der Waals surface area contributed by atoms with Gasteiger partial charge in [-0.05, 0) is 23.8 Å². The Kier molecular flexibility index (Phi) is 3.69. The van der Waals surface area contributed by atoms with Gasteiger partial charge in [-0.25, -0.2) is 4.79 Å². The second-order valence-electron chi connectivity index (χ2n) is 4.76. The van der Waals surface area contributed by atoms with Gasteiger partial charge in [-0.15, -0.1) is 0 Å². The van der Waals surface area contributed by atoms with Crippen molar-refractivity contribution in [3.63, 3.8) is 0 Å². The molecule has 1 aliphatic rings. The molecule has 0 radical (unpaired) electrons. The summed E-state index contributed by atoms with van der Waals surface area (Å²) < 4.78 is 4.71. The highest BCUT2D eigenvalue weighted by Gasteiger charge is 2.28. The molecule has 1 heterocycles. The highest BCUT2D eigenvalue weighted by atomic mass is 35.5. The van der Waals surface area contributed by atoms with Gasteiger partial charge in [0.05, 0.1) is 23.3 Å². The second-order valence-corrected chi connectivity index (χ2v) is 5.14. The Balaban J connectivity index is 2.16. The lowest BCUT2D eigenvalue weighted by atomic mass is 10.0. The Hall–Kier alpha value is -2.59. The number of carbonyl (C=O) groups excluding carboxylic acids is 2. The van der Waals surface area contributed by atoms with Crippen LogP contribution in [0.4, 0.5) is 5.69 Å². The molecule has 0 spiro atoms. The lowest BCUT2D eigenvalue weighted by Gasteiger charge is -2.05. The summed E-state index contributed by atoms with van der Waals surface area (Å²) in [6.45, 7) is 0. The average molecular weight is 314 g/mol. The van der Waals surface area contributed by atoms with Crippen LogP contribution in [-0.2, 0) is 9.53 Å². The van der Waals surface area contributed by atoms with Gasteiger partial charge in [0.15, 0.2) is 0 Å². The van der Waals surface area contributed by atoms with Crippen molar-refractivity contribution in [3.8, 4) is 0 Å². The van der Waals surface area contributed by atoms with Crippen LogP contribution in [0.3, 0.4) is 0 Å². The Morgan fingerprint density at radius 3 is 2.50 bits per heavy atom. The van der Waals surface area contributed by atoms with Gasteiger partial charge in [0.25, 0.3) is 5.91 Å². The minimum atomic E-state index is -0.461. The molecule has 0 bridgehead atoms. The van der Waals surface area contributed by atoms with Crippen molar-refractivity contribution < 1.29 is 14.3 Å². The molecule has 22 heavy (non-hydrogen) atoms. The fraction of sp³-hybridized carbons (Fsp3) is 0.0588. The van der Waals surface area contributed by atoms with E-state index in [1.165, 1.54) is 7.11 Å². The van der Waals surface area contributed by atoms with Gasteiger partial charge in [-0.1, -0.05) is 41.9 Å². The van der Waals surface area contributed by atoms with Crippen molar-refractivity contribution in [1.29, 1.82) is 0 Å². The maximum atomic E-state index is 12.2. The van der Waals surface area contributed by atoms with Crippen LogP contribution < -0.4 is 5.32 Å². The summed E-state index contributed by atoms with van der Waals surface area (Å²) in [5.74, 6) is -0.747. The molecule has 5 heteroatoms. The summed E-state index contributed by atoms with van der Waals surface area (Å²) in [7, 11) is 1.31. The summed E-state index contributed by atoms with van der Waals surface area (Å²) in [5.41, 5.74) is 2.69. The number of benzene rings is 2. The predicted molar refractivity (Wildman–Crippen MR) is 85.5 cm³/mol. The van der Waals surface area contributed by atoms with Gasteiger partial charge in [0, 0.05) is 11.3 Å². The summed E-state index contributed by atoms with van der Waals surface area (Å²) >= 11 is 6.40. The first-order chi connectivity index (χ1) is 10.6. The summed E-state index contributed by atoms with van der Waals surface area (Å²) in [5, 5.41) is 3.10. The Labute approximate surface area is 132 Å². The van der Waals surface area contributed by atoms with E-state index in [1.54, 1.807) is 18.2 Å². The molecule has 110 valence electrons. The van der Waals surface area contributed by atoms with E-state index in [4.69, 9.17) is 16.3 Å². The second kappa shape index (κ2) is 5.66. The van der Waals surface area contributed by atoms with Crippen LogP contribution in [0.2, 0.25) is 0 Å². The molecular formula is C17H12ClNO3.